The van der Waals surface area contributed by atoms with Gasteiger partial charge in [0, 0.05) is 62.1 Å². The van der Waals surface area contributed by atoms with E-state index in [2.05, 4.69) is 32.1 Å². The van der Waals surface area contributed by atoms with Crippen LogP contribution in [0.1, 0.15) is 10.4 Å². The Kier molecular flexibility index (Phi) is 7.87. The second-order valence-corrected chi connectivity index (χ2v) is 8.81. The van der Waals surface area contributed by atoms with Crippen LogP contribution in [0.4, 0.5) is 4.39 Å². The second-order valence-electron chi connectivity index (χ2n) is 7.75. The summed E-state index contributed by atoms with van der Waals surface area (Å²) in [5, 5.41) is 3.54. The third kappa shape index (κ3) is 6.74. The molecule has 0 saturated carbocycles. The number of amides is 1. The zero-order chi connectivity index (χ0) is 23.0. The lowest BCUT2D eigenvalue weighted by Crippen LogP contribution is -2.46. The summed E-state index contributed by atoms with van der Waals surface area (Å²) < 4.78 is 19.1. The van der Waals surface area contributed by atoms with Crippen LogP contribution in [-0.4, -0.2) is 72.0 Å². The Morgan fingerprint density at radius 1 is 1.03 bits per heavy atom. The van der Waals surface area contributed by atoms with E-state index in [-0.39, 0.29) is 11.7 Å². The first-order valence-corrected chi connectivity index (χ1v) is 11.6. The normalized spacial score (nSPS) is 14.7. The number of carbonyl (C=O) groups is 1. The number of rotatable bonds is 8. The van der Waals surface area contributed by atoms with Crippen LogP contribution in [0.5, 0.6) is 11.6 Å². The van der Waals surface area contributed by atoms with Gasteiger partial charge in [0.2, 0.25) is 0 Å². The molecule has 0 spiro atoms. The molecular weight excluding hydrogens is 441 g/mol. The fourth-order valence-electron chi connectivity index (χ4n) is 3.35. The summed E-state index contributed by atoms with van der Waals surface area (Å²) in [6.45, 7) is 5.65. The summed E-state index contributed by atoms with van der Waals surface area (Å²) in [6.07, 6.45) is 3.13. The van der Waals surface area contributed by atoms with Crippen molar-refractivity contribution in [2.75, 3.05) is 46.3 Å². The first kappa shape index (κ1) is 23.2. The van der Waals surface area contributed by atoms with Gasteiger partial charge < -0.3 is 15.0 Å². The molecule has 2 aromatic carbocycles. The Morgan fingerprint density at radius 3 is 2.45 bits per heavy atom. The highest BCUT2D eigenvalue weighted by atomic mass is 32.2. The van der Waals surface area contributed by atoms with Crippen molar-refractivity contribution in [2.24, 2.45) is 0 Å². The molecule has 1 fully saturated rings. The number of benzene rings is 2. The SMILES string of the molecule is CN1CCN(CCNC(=O)c2ccc(Oc3nccnc3Sc3ccc(F)cc3)cc2)CC1. The molecule has 2 heterocycles. The lowest BCUT2D eigenvalue weighted by Gasteiger charge is -2.32. The molecule has 1 amide bonds. The summed E-state index contributed by atoms with van der Waals surface area (Å²) in [5.74, 6) is 0.489. The fourth-order valence-corrected chi connectivity index (χ4v) is 4.14. The minimum atomic E-state index is -0.293. The number of likely N-dealkylation sites (N-methyl/N-ethyl adjacent to an activating group) is 1. The average molecular weight is 468 g/mol. The van der Waals surface area contributed by atoms with Gasteiger partial charge in [-0.05, 0) is 55.6 Å². The molecule has 7 nitrogen and oxygen atoms in total. The van der Waals surface area contributed by atoms with E-state index in [1.807, 2.05) is 0 Å². The molecule has 33 heavy (non-hydrogen) atoms. The largest absolute Gasteiger partial charge is 0.437 e. The number of ether oxygens (including phenoxy) is 1. The van der Waals surface area contributed by atoms with Crippen molar-refractivity contribution in [3.05, 3.63) is 72.3 Å². The molecule has 1 aromatic heterocycles. The van der Waals surface area contributed by atoms with Gasteiger partial charge in [-0.15, -0.1) is 0 Å². The van der Waals surface area contributed by atoms with E-state index < -0.39 is 0 Å². The number of aromatic nitrogens is 2. The zero-order valence-corrected chi connectivity index (χ0v) is 19.2. The maximum Gasteiger partial charge on any atom is 0.252 e. The molecule has 1 aliphatic heterocycles. The number of carbonyl (C=O) groups excluding carboxylic acids is 1. The molecule has 1 N–H and O–H groups in total. The van der Waals surface area contributed by atoms with Crippen molar-refractivity contribution in [3.8, 4) is 11.6 Å². The molecule has 172 valence electrons. The Morgan fingerprint density at radius 2 is 1.73 bits per heavy atom. The van der Waals surface area contributed by atoms with Gasteiger partial charge in [-0.2, -0.15) is 0 Å². The first-order valence-electron chi connectivity index (χ1n) is 10.8. The van der Waals surface area contributed by atoms with E-state index >= 15 is 0 Å². The number of piperazine rings is 1. The van der Waals surface area contributed by atoms with E-state index in [4.69, 9.17) is 4.74 Å². The van der Waals surface area contributed by atoms with Crippen molar-refractivity contribution in [3.63, 3.8) is 0 Å². The van der Waals surface area contributed by atoms with Crippen molar-refractivity contribution in [2.45, 2.75) is 9.92 Å². The Hall–Kier alpha value is -3.01. The van der Waals surface area contributed by atoms with Gasteiger partial charge >= 0.3 is 0 Å². The molecule has 0 aliphatic carbocycles. The van der Waals surface area contributed by atoms with Crippen molar-refractivity contribution >= 4 is 17.7 Å². The van der Waals surface area contributed by atoms with Crippen LogP contribution in [-0.2, 0) is 0 Å². The van der Waals surface area contributed by atoms with E-state index in [1.165, 1.54) is 23.9 Å². The minimum absolute atomic E-state index is 0.109. The van der Waals surface area contributed by atoms with Crippen LogP contribution in [0, 0.1) is 5.82 Å². The molecular formula is C24H26FN5O2S. The molecule has 0 bridgehead atoms. The lowest BCUT2D eigenvalue weighted by atomic mass is 10.2. The molecule has 4 rings (SSSR count). The van der Waals surface area contributed by atoms with Crippen molar-refractivity contribution < 1.29 is 13.9 Å². The molecule has 0 radical (unpaired) electrons. The summed E-state index contributed by atoms with van der Waals surface area (Å²) in [7, 11) is 2.13. The van der Waals surface area contributed by atoms with Crippen LogP contribution in [0.25, 0.3) is 0 Å². The average Bonchev–Trinajstić information content (AvgIpc) is 2.83. The molecule has 0 atom stereocenters. The van der Waals surface area contributed by atoms with Gasteiger partial charge in [0.05, 0.1) is 0 Å². The predicted octanol–water partition coefficient (Wildman–Crippen LogP) is 3.54. The molecule has 1 saturated heterocycles. The van der Waals surface area contributed by atoms with Gasteiger partial charge in [0.1, 0.15) is 11.6 Å². The second kappa shape index (κ2) is 11.2. The maximum absolute atomic E-state index is 13.2. The topological polar surface area (TPSA) is 70.6 Å². The third-order valence-corrected chi connectivity index (χ3v) is 6.28. The number of nitrogens with zero attached hydrogens (tertiary/aromatic N) is 4. The van der Waals surface area contributed by atoms with Crippen molar-refractivity contribution in [1.29, 1.82) is 0 Å². The molecule has 3 aromatic rings. The molecule has 1 aliphatic rings. The Labute approximate surface area is 197 Å². The van der Waals surface area contributed by atoms with E-state index in [9.17, 15) is 9.18 Å². The Bertz CT molecular complexity index is 1060. The van der Waals surface area contributed by atoms with Gasteiger partial charge in [-0.3, -0.25) is 9.69 Å². The van der Waals surface area contributed by atoms with Crippen LogP contribution in [0.3, 0.4) is 0 Å². The van der Waals surface area contributed by atoms with Crippen molar-refractivity contribution in [1.82, 2.24) is 25.1 Å². The van der Waals surface area contributed by atoms with Crippen LogP contribution in [0.2, 0.25) is 0 Å². The highest BCUT2D eigenvalue weighted by Gasteiger charge is 2.14. The van der Waals surface area contributed by atoms with E-state index in [1.54, 1.807) is 48.8 Å². The maximum atomic E-state index is 13.2. The monoisotopic (exact) mass is 467 g/mol. The number of hydrogen-bond acceptors (Lipinski definition) is 7. The molecule has 9 heteroatoms. The Balaban J connectivity index is 1.31. The summed E-state index contributed by atoms with van der Waals surface area (Å²) in [4.78, 5) is 26.5. The lowest BCUT2D eigenvalue weighted by molar-refractivity contribution is 0.0941. The van der Waals surface area contributed by atoms with E-state index in [0.29, 0.717) is 28.8 Å². The van der Waals surface area contributed by atoms with Gasteiger partial charge in [0.15, 0.2) is 5.03 Å². The molecule has 0 unspecified atom stereocenters. The van der Waals surface area contributed by atoms with Gasteiger partial charge in [0.25, 0.3) is 11.8 Å². The first-order chi connectivity index (χ1) is 16.1. The van der Waals surface area contributed by atoms with Crippen LogP contribution < -0.4 is 10.1 Å². The smallest absolute Gasteiger partial charge is 0.252 e. The number of halogens is 1. The van der Waals surface area contributed by atoms with Gasteiger partial charge in [-0.25, -0.2) is 14.4 Å². The summed E-state index contributed by atoms with van der Waals surface area (Å²) in [6, 6.07) is 13.1. The third-order valence-electron chi connectivity index (χ3n) is 5.30. The minimum Gasteiger partial charge on any atom is -0.437 e. The standard InChI is InChI=1S/C24H26FN5O2S/c1-29-14-16-30(17-15-29)13-12-26-22(31)18-2-6-20(7-3-18)32-23-24(28-11-10-27-23)33-21-8-4-19(25)5-9-21/h2-11H,12-17H2,1H3,(H,26,31). The van der Waals surface area contributed by atoms with Crippen LogP contribution in [0.15, 0.2) is 70.8 Å². The number of hydrogen-bond donors (Lipinski definition) is 1. The quantitative estimate of drug-likeness (QED) is 0.543. The predicted molar refractivity (Wildman–Crippen MR) is 125 cm³/mol. The van der Waals surface area contributed by atoms with Crippen LogP contribution >= 0.6 is 11.8 Å². The highest BCUT2D eigenvalue weighted by molar-refractivity contribution is 7.99. The highest BCUT2D eigenvalue weighted by Crippen LogP contribution is 2.33. The fraction of sp³-hybridized carbons (Fsp3) is 0.292. The number of nitrogens with one attached hydrogen (secondary N) is 1. The van der Waals surface area contributed by atoms with E-state index in [0.717, 1.165) is 37.6 Å². The van der Waals surface area contributed by atoms with Gasteiger partial charge in [-0.1, -0.05) is 11.8 Å². The summed E-state index contributed by atoms with van der Waals surface area (Å²) in [5.41, 5.74) is 0.570. The zero-order valence-electron chi connectivity index (χ0n) is 18.4. The summed E-state index contributed by atoms with van der Waals surface area (Å²) >= 11 is 1.34.